The maximum Gasteiger partial charge on any atom is 0.205 e. The van der Waals surface area contributed by atoms with E-state index in [1.54, 1.807) is 17.0 Å². The lowest BCUT2D eigenvalue weighted by atomic mass is 10.2. The molecule has 0 unspecified atom stereocenters. The number of imidazole rings is 2. The minimum atomic E-state index is -0.00448. The van der Waals surface area contributed by atoms with Crippen molar-refractivity contribution in [2.45, 2.75) is 26.3 Å². The number of fused-ring (bicyclic) bond motifs is 1. The van der Waals surface area contributed by atoms with E-state index in [0.29, 0.717) is 5.82 Å². The molecule has 0 atom stereocenters. The summed E-state index contributed by atoms with van der Waals surface area (Å²) in [5.74, 6) is 1.28. The van der Waals surface area contributed by atoms with Gasteiger partial charge in [0.2, 0.25) is 5.78 Å². The van der Waals surface area contributed by atoms with Gasteiger partial charge in [0.05, 0.1) is 17.5 Å². The first-order valence-electron chi connectivity index (χ1n) is 7.15. The number of carbonyl (C=O) groups is 1. The first-order chi connectivity index (χ1) is 10.2. The Balaban J connectivity index is 1.98. The molecule has 5 heteroatoms. The largest absolute Gasteiger partial charge is 0.332 e. The van der Waals surface area contributed by atoms with E-state index in [-0.39, 0.29) is 12.2 Å². The minimum Gasteiger partial charge on any atom is -0.332 e. The number of Topliss-reactive ketones (excluding diaryl/α,β-unsaturated/α-hetero) is 1. The summed E-state index contributed by atoms with van der Waals surface area (Å²) in [6, 6.07) is 8.00. The van der Waals surface area contributed by atoms with Crippen LogP contribution >= 0.6 is 0 Å². The van der Waals surface area contributed by atoms with Gasteiger partial charge in [-0.25, -0.2) is 9.97 Å². The molecule has 0 amide bonds. The van der Waals surface area contributed by atoms with Crippen molar-refractivity contribution in [1.82, 2.24) is 19.1 Å². The number of aryl methyl sites for hydroxylation is 2. The number of rotatable bonds is 5. The lowest BCUT2D eigenvalue weighted by molar-refractivity contribution is 0.0977. The van der Waals surface area contributed by atoms with E-state index >= 15 is 0 Å². The molecule has 3 rings (SSSR count). The summed E-state index contributed by atoms with van der Waals surface area (Å²) in [6.45, 7) is 2.99. The van der Waals surface area contributed by atoms with E-state index in [4.69, 9.17) is 0 Å². The van der Waals surface area contributed by atoms with Gasteiger partial charge in [-0.15, -0.1) is 0 Å². The fraction of sp³-hybridized carbons (Fsp3) is 0.312. The fourth-order valence-electron chi connectivity index (χ4n) is 2.59. The van der Waals surface area contributed by atoms with Crippen molar-refractivity contribution in [2.75, 3.05) is 0 Å². The molecule has 0 N–H and O–H groups in total. The molecule has 0 spiro atoms. The number of carbonyl (C=O) groups excluding carboxylic acids is 1. The number of hydrogen-bond acceptors (Lipinski definition) is 3. The molecular formula is C16H18N4O. The Morgan fingerprint density at radius 3 is 2.81 bits per heavy atom. The molecule has 0 saturated carbocycles. The normalized spacial score (nSPS) is 11.1. The van der Waals surface area contributed by atoms with Gasteiger partial charge in [-0.1, -0.05) is 19.1 Å². The second-order valence-corrected chi connectivity index (χ2v) is 5.13. The monoisotopic (exact) mass is 282 g/mol. The average Bonchev–Trinajstić information content (AvgIpc) is 3.04. The highest BCUT2D eigenvalue weighted by Gasteiger charge is 2.17. The SMILES string of the molecule is CCCn1c(CC(=O)c2nccn2C)nc2ccccc21. The van der Waals surface area contributed by atoms with Crippen LogP contribution in [0.2, 0.25) is 0 Å². The number of aromatic nitrogens is 4. The van der Waals surface area contributed by atoms with E-state index in [0.717, 1.165) is 29.8 Å². The predicted octanol–water partition coefficient (Wildman–Crippen LogP) is 2.61. The topological polar surface area (TPSA) is 52.7 Å². The average molecular weight is 282 g/mol. The Morgan fingerprint density at radius 1 is 1.29 bits per heavy atom. The zero-order chi connectivity index (χ0) is 14.8. The smallest absolute Gasteiger partial charge is 0.205 e. The van der Waals surface area contributed by atoms with Crippen LogP contribution in [0.5, 0.6) is 0 Å². The third-order valence-corrected chi connectivity index (χ3v) is 3.57. The Morgan fingerprint density at radius 2 is 2.10 bits per heavy atom. The van der Waals surface area contributed by atoms with Crippen molar-refractivity contribution in [3.63, 3.8) is 0 Å². The summed E-state index contributed by atoms with van der Waals surface area (Å²) in [6.07, 6.45) is 4.70. The number of nitrogens with zero attached hydrogens (tertiary/aromatic N) is 4. The van der Waals surface area contributed by atoms with Gasteiger partial charge in [0.1, 0.15) is 5.82 Å². The summed E-state index contributed by atoms with van der Waals surface area (Å²) in [4.78, 5) is 21.1. The van der Waals surface area contributed by atoms with Gasteiger partial charge in [0, 0.05) is 26.0 Å². The van der Waals surface area contributed by atoms with Gasteiger partial charge in [-0.3, -0.25) is 4.79 Å². The fourth-order valence-corrected chi connectivity index (χ4v) is 2.59. The maximum atomic E-state index is 12.4. The van der Waals surface area contributed by atoms with Gasteiger partial charge in [0.25, 0.3) is 0 Å². The Labute approximate surface area is 123 Å². The van der Waals surface area contributed by atoms with Crippen LogP contribution in [0, 0.1) is 0 Å². The molecule has 0 saturated heterocycles. The van der Waals surface area contributed by atoms with Crippen LogP contribution in [-0.2, 0) is 20.0 Å². The first kappa shape index (κ1) is 13.5. The number of para-hydroxylation sites is 2. The highest BCUT2D eigenvalue weighted by Crippen LogP contribution is 2.17. The molecule has 1 aromatic carbocycles. The van der Waals surface area contributed by atoms with Crippen molar-refractivity contribution >= 4 is 16.8 Å². The highest BCUT2D eigenvalue weighted by molar-refractivity contribution is 5.94. The van der Waals surface area contributed by atoms with Crippen LogP contribution < -0.4 is 0 Å². The highest BCUT2D eigenvalue weighted by atomic mass is 16.1. The molecule has 2 heterocycles. The number of benzene rings is 1. The lowest BCUT2D eigenvalue weighted by Gasteiger charge is -2.07. The molecule has 108 valence electrons. The van der Waals surface area contributed by atoms with Crippen LogP contribution in [-0.4, -0.2) is 24.9 Å². The van der Waals surface area contributed by atoms with Crippen LogP contribution in [0.15, 0.2) is 36.7 Å². The maximum absolute atomic E-state index is 12.4. The minimum absolute atomic E-state index is 0.00448. The van der Waals surface area contributed by atoms with Gasteiger partial charge in [-0.05, 0) is 18.6 Å². The van der Waals surface area contributed by atoms with Crippen molar-refractivity contribution in [3.05, 3.63) is 48.3 Å². The summed E-state index contributed by atoms with van der Waals surface area (Å²) in [5, 5.41) is 0. The zero-order valence-electron chi connectivity index (χ0n) is 12.3. The molecule has 21 heavy (non-hydrogen) atoms. The number of hydrogen-bond donors (Lipinski definition) is 0. The summed E-state index contributed by atoms with van der Waals surface area (Å²) in [5.41, 5.74) is 2.02. The van der Waals surface area contributed by atoms with E-state index in [2.05, 4.69) is 21.5 Å². The van der Waals surface area contributed by atoms with E-state index in [9.17, 15) is 4.79 Å². The van der Waals surface area contributed by atoms with Gasteiger partial charge in [0.15, 0.2) is 5.82 Å². The predicted molar refractivity (Wildman–Crippen MR) is 81.3 cm³/mol. The molecule has 0 aliphatic rings. The summed E-state index contributed by atoms with van der Waals surface area (Å²) in [7, 11) is 1.83. The quantitative estimate of drug-likeness (QED) is 0.676. The van der Waals surface area contributed by atoms with Crippen molar-refractivity contribution in [3.8, 4) is 0 Å². The molecule has 2 aromatic heterocycles. The van der Waals surface area contributed by atoms with Crippen LogP contribution in [0.3, 0.4) is 0 Å². The van der Waals surface area contributed by atoms with Gasteiger partial charge >= 0.3 is 0 Å². The second-order valence-electron chi connectivity index (χ2n) is 5.13. The molecule has 0 radical (unpaired) electrons. The number of ketones is 1. The van der Waals surface area contributed by atoms with Crippen molar-refractivity contribution in [1.29, 1.82) is 0 Å². The van der Waals surface area contributed by atoms with Crippen molar-refractivity contribution < 1.29 is 4.79 Å². The van der Waals surface area contributed by atoms with E-state index < -0.39 is 0 Å². The first-order valence-corrected chi connectivity index (χ1v) is 7.15. The summed E-state index contributed by atoms with van der Waals surface area (Å²) >= 11 is 0. The van der Waals surface area contributed by atoms with Gasteiger partial charge < -0.3 is 9.13 Å². The molecule has 3 aromatic rings. The molecule has 0 bridgehead atoms. The van der Waals surface area contributed by atoms with Crippen LogP contribution in [0.25, 0.3) is 11.0 Å². The molecule has 5 nitrogen and oxygen atoms in total. The Bertz CT molecular complexity index is 785. The molecule has 0 fully saturated rings. The molecule has 0 aliphatic heterocycles. The van der Waals surface area contributed by atoms with E-state index in [1.807, 2.05) is 31.3 Å². The van der Waals surface area contributed by atoms with Crippen molar-refractivity contribution in [2.24, 2.45) is 7.05 Å². The lowest BCUT2D eigenvalue weighted by Crippen LogP contribution is -2.14. The second kappa shape index (κ2) is 5.52. The Kier molecular flexibility index (Phi) is 3.56. The summed E-state index contributed by atoms with van der Waals surface area (Å²) < 4.78 is 3.88. The van der Waals surface area contributed by atoms with Gasteiger partial charge in [-0.2, -0.15) is 0 Å². The third-order valence-electron chi connectivity index (χ3n) is 3.57. The third kappa shape index (κ3) is 2.46. The standard InChI is InChI=1S/C16H18N4O/c1-3-9-20-13-7-5-4-6-12(13)18-15(20)11-14(21)16-17-8-10-19(16)2/h4-8,10H,3,9,11H2,1-2H3. The Hall–Kier alpha value is -2.43. The van der Waals surface area contributed by atoms with Crippen LogP contribution in [0.4, 0.5) is 0 Å². The van der Waals surface area contributed by atoms with Crippen LogP contribution in [0.1, 0.15) is 29.8 Å². The van der Waals surface area contributed by atoms with E-state index in [1.165, 1.54) is 0 Å². The molecule has 0 aliphatic carbocycles. The molecular weight excluding hydrogens is 264 g/mol. The zero-order valence-corrected chi connectivity index (χ0v) is 12.3.